The van der Waals surface area contributed by atoms with Crippen LogP contribution in [0.3, 0.4) is 0 Å². The highest BCUT2D eigenvalue weighted by Gasteiger charge is 2.27. The SMILES string of the molecule is Cn1cccc1-c1noc(CNC(=O)[C@H]2COc3ccccc3O2)n1. The zero-order chi connectivity index (χ0) is 17.2. The molecule has 3 aromatic rings. The Labute approximate surface area is 143 Å². The zero-order valence-electron chi connectivity index (χ0n) is 13.5. The van der Waals surface area contributed by atoms with Crippen molar-refractivity contribution in [2.24, 2.45) is 7.05 Å². The smallest absolute Gasteiger partial charge is 0.265 e. The molecular weight excluding hydrogens is 324 g/mol. The molecule has 0 bridgehead atoms. The summed E-state index contributed by atoms with van der Waals surface area (Å²) in [5.41, 5.74) is 0.835. The molecular formula is C17H16N4O4. The fourth-order valence-electron chi connectivity index (χ4n) is 2.55. The van der Waals surface area contributed by atoms with Crippen LogP contribution in [0.1, 0.15) is 5.89 Å². The number of aryl methyl sites for hydroxylation is 1. The summed E-state index contributed by atoms with van der Waals surface area (Å²) in [7, 11) is 1.89. The molecule has 1 aromatic carbocycles. The minimum atomic E-state index is -0.717. The molecule has 8 heteroatoms. The predicted octanol–water partition coefficient (Wildman–Crippen LogP) is 1.53. The van der Waals surface area contributed by atoms with E-state index in [0.29, 0.717) is 23.2 Å². The van der Waals surface area contributed by atoms with Gasteiger partial charge in [-0.05, 0) is 24.3 Å². The number of ether oxygens (including phenoxy) is 2. The maximum absolute atomic E-state index is 12.3. The van der Waals surface area contributed by atoms with Gasteiger partial charge in [-0.2, -0.15) is 4.98 Å². The molecule has 25 heavy (non-hydrogen) atoms. The lowest BCUT2D eigenvalue weighted by Crippen LogP contribution is -2.43. The Balaban J connectivity index is 1.37. The third-order valence-electron chi connectivity index (χ3n) is 3.86. The lowest BCUT2D eigenvalue weighted by atomic mass is 10.2. The van der Waals surface area contributed by atoms with Crippen molar-refractivity contribution in [3.63, 3.8) is 0 Å². The van der Waals surface area contributed by atoms with Crippen LogP contribution < -0.4 is 14.8 Å². The van der Waals surface area contributed by atoms with Gasteiger partial charge in [0.05, 0.1) is 12.2 Å². The zero-order valence-corrected chi connectivity index (χ0v) is 13.5. The number of hydrogen-bond donors (Lipinski definition) is 1. The van der Waals surface area contributed by atoms with Crippen LogP contribution in [0.2, 0.25) is 0 Å². The molecule has 0 fully saturated rings. The van der Waals surface area contributed by atoms with Crippen molar-refractivity contribution in [2.45, 2.75) is 12.6 Å². The van der Waals surface area contributed by atoms with Gasteiger partial charge in [0.2, 0.25) is 17.8 Å². The largest absolute Gasteiger partial charge is 0.485 e. The van der Waals surface area contributed by atoms with Gasteiger partial charge in [-0.15, -0.1) is 0 Å². The molecule has 1 aliphatic rings. The van der Waals surface area contributed by atoms with Crippen LogP contribution in [0.5, 0.6) is 11.5 Å². The van der Waals surface area contributed by atoms with E-state index in [2.05, 4.69) is 15.5 Å². The minimum absolute atomic E-state index is 0.123. The lowest BCUT2D eigenvalue weighted by Gasteiger charge is -2.25. The first kappa shape index (κ1) is 15.3. The fraction of sp³-hybridized carbons (Fsp3) is 0.235. The maximum Gasteiger partial charge on any atom is 0.265 e. The van der Waals surface area contributed by atoms with Crippen molar-refractivity contribution in [1.82, 2.24) is 20.0 Å². The van der Waals surface area contributed by atoms with Crippen molar-refractivity contribution in [3.05, 3.63) is 48.5 Å². The average molecular weight is 340 g/mol. The van der Waals surface area contributed by atoms with Gasteiger partial charge in [0.25, 0.3) is 5.91 Å². The summed E-state index contributed by atoms with van der Waals surface area (Å²) in [5, 5.41) is 6.65. The maximum atomic E-state index is 12.3. The van der Waals surface area contributed by atoms with Gasteiger partial charge in [0.15, 0.2) is 11.5 Å². The highest BCUT2D eigenvalue weighted by molar-refractivity contribution is 5.81. The standard InChI is InChI=1S/C17H16N4O4/c1-21-8-4-5-11(21)16-19-15(25-20-16)9-18-17(22)14-10-23-12-6-2-3-7-13(12)24-14/h2-8,14H,9-10H2,1H3,(H,18,22)/t14-/m1/s1. The number of nitrogens with zero attached hydrogens (tertiary/aromatic N) is 3. The average Bonchev–Trinajstić information content (AvgIpc) is 3.27. The number of amides is 1. The van der Waals surface area contributed by atoms with Crippen LogP contribution in [0, 0.1) is 0 Å². The number of hydrogen-bond acceptors (Lipinski definition) is 6. The number of carbonyl (C=O) groups is 1. The molecule has 0 spiro atoms. The molecule has 0 saturated heterocycles. The Hall–Kier alpha value is -3.29. The molecule has 128 valence electrons. The minimum Gasteiger partial charge on any atom is -0.485 e. The van der Waals surface area contributed by atoms with Gasteiger partial charge in [-0.1, -0.05) is 17.3 Å². The second kappa shape index (κ2) is 6.31. The van der Waals surface area contributed by atoms with Gasteiger partial charge in [-0.25, -0.2) is 0 Å². The third-order valence-corrected chi connectivity index (χ3v) is 3.86. The van der Waals surface area contributed by atoms with E-state index in [9.17, 15) is 4.79 Å². The van der Waals surface area contributed by atoms with E-state index < -0.39 is 6.10 Å². The Kier molecular flexibility index (Phi) is 3.85. The molecule has 2 aromatic heterocycles. The normalized spacial score (nSPS) is 15.8. The molecule has 1 N–H and O–H groups in total. The van der Waals surface area contributed by atoms with E-state index in [1.54, 1.807) is 12.1 Å². The van der Waals surface area contributed by atoms with Crippen LogP contribution >= 0.6 is 0 Å². The van der Waals surface area contributed by atoms with Crippen molar-refractivity contribution < 1.29 is 18.8 Å². The summed E-state index contributed by atoms with van der Waals surface area (Å²) in [6.45, 7) is 0.277. The first-order valence-electron chi connectivity index (χ1n) is 7.81. The highest BCUT2D eigenvalue weighted by atomic mass is 16.6. The van der Waals surface area contributed by atoms with E-state index in [0.717, 1.165) is 5.69 Å². The van der Waals surface area contributed by atoms with Crippen molar-refractivity contribution in [2.75, 3.05) is 6.61 Å². The fourth-order valence-corrected chi connectivity index (χ4v) is 2.55. The number of nitrogens with one attached hydrogen (secondary N) is 1. The topological polar surface area (TPSA) is 91.4 Å². The van der Waals surface area contributed by atoms with Crippen molar-refractivity contribution >= 4 is 5.91 Å². The molecule has 3 heterocycles. The molecule has 0 unspecified atom stereocenters. The number of carbonyl (C=O) groups excluding carboxylic acids is 1. The second-order valence-corrected chi connectivity index (χ2v) is 5.60. The van der Waals surface area contributed by atoms with Gasteiger partial charge < -0.3 is 23.9 Å². The van der Waals surface area contributed by atoms with Gasteiger partial charge in [0.1, 0.15) is 6.61 Å². The first-order valence-corrected chi connectivity index (χ1v) is 7.81. The molecule has 0 aliphatic carbocycles. The Bertz CT molecular complexity index is 901. The molecule has 1 amide bonds. The summed E-state index contributed by atoms with van der Waals surface area (Å²) < 4.78 is 18.3. The summed E-state index contributed by atoms with van der Waals surface area (Å²) >= 11 is 0. The van der Waals surface area contributed by atoms with Gasteiger partial charge in [0, 0.05) is 13.2 Å². The van der Waals surface area contributed by atoms with Crippen molar-refractivity contribution in [1.29, 1.82) is 0 Å². The Morgan fingerprint density at radius 3 is 2.92 bits per heavy atom. The number of fused-ring (bicyclic) bond motifs is 1. The molecule has 0 radical (unpaired) electrons. The number of para-hydroxylation sites is 2. The highest BCUT2D eigenvalue weighted by Crippen LogP contribution is 2.30. The van der Waals surface area contributed by atoms with E-state index in [4.69, 9.17) is 14.0 Å². The van der Waals surface area contributed by atoms with Crippen LogP contribution in [0.4, 0.5) is 0 Å². The van der Waals surface area contributed by atoms with Crippen molar-refractivity contribution in [3.8, 4) is 23.0 Å². The van der Waals surface area contributed by atoms with Crippen LogP contribution in [-0.2, 0) is 18.4 Å². The van der Waals surface area contributed by atoms with E-state index in [1.165, 1.54) is 0 Å². The number of rotatable bonds is 4. The second-order valence-electron chi connectivity index (χ2n) is 5.60. The van der Waals surface area contributed by atoms with Crippen LogP contribution in [-0.4, -0.2) is 33.3 Å². The summed E-state index contributed by atoms with van der Waals surface area (Å²) in [5.74, 6) is 1.69. The first-order chi connectivity index (χ1) is 12.2. The number of benzene rings is 1. The molecule has 4 rings (SSSR count). The van der Waals surface area contributed by atoms with Gasteiger partial charge in [-0.3, -0.25) is 4.79 Å². The predicted molar refractivity (Wildman–Crippen MR) is 86.9 cm³/mol. The molecule has 0 saturated carbocycles. The Morgan fingerprint density at radius 1 is 1.28 bits per heavy atom. The van der Waals surface area contributed by atoms with Crippen LogP contribution in [0.25, 0.3) is 11.5 Å². The molecule has 1 aliphatic heterocycles. The molecule has 1 atom stereocenters. The summed E-state index contributed by atoms with van der Waals surface area (Å²) in [6, 6.07) is 11.0. The summed E-state index contributed by atoms with van der Waals surface area (Å²) in [6.07, 6.45) is 1.18. The van der Waals surface area contributed by atoms with E-state index in [-0.39, 0.29) is 19.1 Å². The monoisotopic (exact) mass is 340 g/mol. The third kappa shape index (κ3) is 3.06. The quantitative estimate of drug-likeness (QED) is 0.774. The van der Waals surface area contributed by atoms with Gasteiger partial charge >= 0.3 is 0 Å². The number of aromatic nitrogens is 3. The van der Waals surface area contributed by atoms with Crippen LogP contribution in [0.15, 0.2) is 47.1 Å². The van der Waals surface area contributed by atoms with E-state index in [1.807, 2.05) is 42.1 Å². The molecule has 8 nitrogen and oxygen atoms in total. The lowest BCUT2D eigenvalue weighted by molar-refractivity contribution is -0.130. The Morgan fingerprint density at radius 2 is 2.12 bits per heavy atom. The summed E-state index contributed by atoms with van der Waals surface area (Å²) in [4.78, 5) is 16.5. The van der Waals surface area contributed by atoms with E-state index >= 15 is 0 Å².